The number of ether oxygens (including phenoxy) is 2. The Morgan fingerprint density at radius 3 is 2.46 bits per heavy atom. The summed E-state index contributed by atoms with van der Waals surface area (Å²) in [6.45, 7) is 13.9. The Morgan fingerprint density at radius 2 is 1.89 bits per heavy atom. The van der Waals surface area contributed by atoms with Gasteiger partial charge in [-0.3, -0.25) is 0 Å². The van der Waals surface area contributed by atoms with Crippen LogP contribution in [0.25, 0.3) is 0 Å². The number of allylic oxidation sites excluding steroid dienone is 1. The number of hydrogen-bond acceptors (Lipinski definition) is 4. The number of hydrogen-bond donors (Lipinski definition) is 2. The average Bonchev–Trinajstić information content (AvgIpc) is 2.65. The maximum absolute atomic E-state index is 11.0. The van der Waals surface area contributed by atoms with Gasteiger partial charge in [0.2, 0.25) is 0 Å². The van der Waals surface area contributed by atoms with Crippen molar-refractivity contribution in [3.63, 3.8) is 0 Å². The molecule has 0 saturated carbocycles. The van der Waals surface area contributed by atoms with Gasteiger partial charge >= 0.3 is 0 Å². The molecule has 1 saturated heterocycles. The van der Waals surface area contributed by atoms with Gasteiger partial charge in [0, 0.05) is 5.56 Å². The molecule has 4 atom stereocenters. The molecule has 5 heteroatoms. The van der Waals surface area contributed by atoms with Crippen molar-refractivity contribution in [2.24, 2.45) is 0 Å². The second kappa shape index (κ2) is 9.68. The molecule has 1 fully saturated rings. The third-order valence-electron chi connectivity index (χ3n) is 6.34. The number of aliphatic hydroxyl groups is 2. The summed E-state index contributed by atoms with van der Waals surface area (Å²) < 4.78 is 11.7. The molecule has 0 aromatic heterocycles. The first-order chi connectivity index (χ1) is 13.1. The minimum atomic E-state index is -1.77. The first-order valence-electron chi connectivity index (χ1n) is 10.5. The maximum Gasteiger partial charge on any atom is 0.184 e. The fraction of sp³-hybridized carbons (Fsp3) is 0.652. The number of rotatable bonds is 7. The Hall–Kier alpha value is -0.983. The molecule has 0 aliphatic carbocycles. The molecule has 0 unspecified atom stereocenters. The van der Waals surface area contributed by atoms with Gasteiger partial charge in [-0.15, -0.1) is 0 Å². The maximum atomic E-state index is 11.0. The van der Waals surface area contributed by atoms with Gasteiger partial charge in [-0.2, -0.15) is 0 Å². The number of aliphatic hydroxyl groups excluding tert-OH is 2. The van der Waals surface area contributed by atoms with Crippen LogP contribution >= 0.6 is 0 Å². The van der Waals surface area contributed by atoms with E-state index in [2.05, 4.69) is 40.8 Å². The molecule has 4 nitrogen and oxygen atoms in total. The predicted molar refractivity (Wildman–Crippen MR) is 117 cm³/mol. The highest BCUT2D eigenvalue weighted by Gasteiger charge is 2.40. The van der Waals surface area contributed by atoms with Crippen LogP contribution in [0.15, 0.2) is 41.6 Å². The molecule has 0 amide bonds. The van der Waals surface area contributed by atoms with Crippen LogP contribution in [0, 0.1) is 0 Å². The molecule has 2 N–H and O–H groups in total. The molecule has 28 heavy (non-hydrogen) atoms. The van der Waals surface area contributed by atoms with Gasteiger partial charge in [-0.1, -0.05) is 95.2 Å². The normalized spacial score (nSPS) is 25.6. The fourth-order valence-electron chi connectivity index (χ4n) is 3.40. The molecule has 1 aliphatic heterocycles. The molecule has 2 rings (SSSR count). The molecule has 0 spiro atoms. The van der Waals surface area contributed by atoms with Gasteiger partial charge in [0.1, 0.15) is 18.3 Å². The van der Waals surface area contributed by atoms with Crippen LogP contribution in [0.1, 0.15) is 58.8 Å². The van der Waals surface area contributed by atoms with Crippen molar-refractivity contribution in [1.82, 2.24) is 0 Å². The average molecular weight is 407 g/mol. The Balaban J connectivity index is 2.24. The molecule has 158 valence electrons. The Morgan fingerprint density at radius 1 is 1.25 bits per heavy atom. The van der Waals surface area contributed by atoms with Gasteiger partial charge in [0.05, 0.1) is 14.7 Å². The predicted octanol–water partition coefficient (Wildman–Crippen LogP) is 4.99. The fourth-order valence-corrected chi connectivity index (χ4v) is 5.75. The van der Waals surface area contributed by atoms with E-state index in [0.717, 1.165) is 24.8 Å². The minimum Gasteiger partial charge on any atom is -0.388 e. The van der Waals surface area contributed by atoms with Crippen LogP contribution in [0.4, 0.5) is 0 Å². The Labute approximate surface area is 171 Å². The molecule has 1 aromatic carbocycles. The lowest BCUT2D eigenvalue weighted by molar-refractivity contribution is -0.270. The summed E-state index contributed by atoms with van der Waals surface area (Å²) in [7, 11) is -1.77. The zero-order valence-corrected chi connectivity index (χ0v) is 19.3. The number of unbranched alkanes of at least 4 members (excludes halogenated alkanes) is 1. The number of benzene rings is 1. The molecular formula is C23H38O4Si. The van der Waals surface area contributed by atoms with E-state index in [0.29, 0.717) is 0 Å². The van der Waals surface area contributed by atoms with Crippen LogP contribution in [-0.2, 0) is 9.47 Å². The summed E-state index contributed by atoms with van der Waals surface area (Å²) in [5, 5.41) is 23.0. The van der Waals surface area contributed by atoms with Crippen LogP contribution in [0.2, 0.25) is 18.1 Å². The zero-order chi connectivity index (χ0) is 20.9. The summed E-state index contributed by atoms with van der Waals surface area (Å²) in [5.74, 6) is 0. The van der Waals surface area contributed by atoms with E-state index in [1.165, 1.54) is 5.20 Å². The van der Waals surface area contributed by atoms with Crippen molar-refractivity contribution in [3.05, 3.63) is 47.2 Å². The van der Waals surface area contributed by atoms with Crippen molar-refractivity contribution in [1.29, 1.82) is 0 Å². The molecule has 1 heterocycles. The van der Waals surface area contributed by atoms with E-state index < -0.39 is 32.7 Å². The summed E-state index contributed by atoms with van der Waals surface area (Å²) >= 11 is 0. The van der Waals surface area contributed by atoms with Crippen LogP contribution < -0.4 is 0 Å². The van der Waals surface area contributed by atoms with Gasteiger partial charge in [-0.25, -0.2) is 0 Å². The van der Waals surface area contributed by atoms with Gasteiger partial charge in [-0.05, 0) is 11.5 Å². The third-order valence-corrected chi connectivity index (χ3v) is 12.1. The zero-order valence-electron chi connectivity index (χ0n) is 18.3. The Bertz CT molecular complexity index is 636. The smallest absolute Gasteiger partial charge is 0.184 e. The van der Waals surface area contributed by atoms with Crippen LogP contribution in [-0.4, -0.2) is 43.2 Å². The largest absolute Gasteiger partial charge is 0.388 e. The summed E-state index contributed by atoms with van der Waals surface area (Å²) in [6.07, 6.45) is 2.23. The van der Waals surface area contributed by atoms with Crippen molar-refractivity contribution in [3.8, 4) is 0 Å². The van der Waals surface area contributed by atoms with Crippen LogP contribution in [0.5, 0.6) is 0 Å². The molecule has 0 bridgehead atoms. The van der Waals surface area contributed by atoms with E-state index in [1.807, 2.05) is 36.4 Å². The van der Waals surface area contributed by atoms with Crippen molar-refractivity contribution in [2.45, 2.75) is 89.7 Å². The van der Waals surface area contributed by atoms with Crippen molar-refractivity contribution in [2.75, 3.05) is 6.61 Å². The van der Waals surface area contributed by atoms with E-state index in [1.54, 1.807) is 0 Å². The first kappa shape index (κ1) is 23.3. The van der Waals surface area contributed by atoms with E-state index in [-0.39, 0.29) is 11.6 Å². The summed E-state index contributed by atoms with van der Waals surface area (Å²) in [5.41, 5.74) is 0.895. The van der Waals surface area contributed by atoms with Gasteiger partial charge in [0.25, 0.3) is 0 Å². The minimum absolute atomic E-state index is 0.152. The van der Waals surface area contributed by atoms with Crippen molar-refractivity contribution < 1.29 is 19.7 Å². The second-order valence-electron chi connectivity index (χ2n) is 9.41. The topological polar surface area (TPSA) is 58.9 Å². The lowest BCUT2D eigenvalue weighted by atomic mass is 10.0. The first-order valence-corrected chi connectivity index (χ1v) is 13.5. The van der Waals surface area contributed by atoms with E-state index in [9.17, 15) is 10.2 Å². The highest BCUT2D eigenvalue weighted by Crippen LogP contribution is 2.42. The van der Waals surface area contributed by atoms with E-state index >= 15 is 0 Å². The van der Waals surface area contributed by atoms with Crippen LogP contribution in [0.3, 0.4) is 0 Å². The lowest BCUT2D eigenvalue weighted by Crippen LogP contribution is -2.47. The van der Waals surface area contributed by atoms with E-state index in [4.69, 9.17) is 9.47 Å². The quantitative estimate of drug-likeness (QED) is 0.627. The molecule has 0 radical (unpaired) electrons. The monoisotopic (exact) mass is 406 g/mol. The molecular weight excluding hydrogens is 368 g/mol. The standard InChI is InChI=1S/C23H38O4Si/c1-7-8-14-18(28(5,6)23(2,3)4)15-19(24)21-20(25)16-26-22(27-21)17-12-10-9-11-13-17/h9-13,15,19-22,24-25H,7-8,14,16H2,1-6H3/b18-15-/t19-,20-,21+,22-/m1/s1. The lowest BCUT2D eigenvalue weighted by Gasteiger charge is -2.41. The SMILES string of the molecule is CCCC/C(=C/[C@@H](O)[C@@H]1O[C@H](c2ccccc2)OC[C@H]1O)[Si](C)(C)C(C)(C)C. The second-order valence-corrected chi connectivity index (χ2v) is 14.8. The highest BCUT2D eigenvalue weighted by molar-refractivity contribution is 6.86. The van der Waals surface area contributed by atoms with Gasteiger partial charge < -0.3 is 19.7 Å². The Kier molecular flexibility index (Phi) is 8.05. The molecule has 1 aromatic rings. The summed E-state index contributed by atoms with van der Waals surface area (Å²) in [6, 6.07) is 9.67. The summed E-state index contributed by atoms with van der Waals surface area (Å²) in [4.78, 5) is 0. The highest BCUT2D eigenvalue weighted by atomic mass is 28.3. The van der Waals surface area contributed by atoms with Gasteiger partial charge in [0.15, 0.2) is 6.29 Å². The third kappa shape index (κ3) is 5.54. The van der Waals surface area contributed by atoms with Crippen molar-refractivity contribution >= 4 is 8.07 Å². The molecule has 1 aliphatic rings.